The van der Waals surface area contributed by atoms with Gasteiger partial charge in [0.25, 0.3) is 0 Å². The fourth-order valence-corrected chi connectivity index (χ4v) is 2.47. The number of hydrogen-bond donors (Lipinski definition) is 6. The van der Waals surface area contributed by atoms with E-state index in [9.17, 15) is 39.6 Å². The van der Waals surface area contributed by atoms with Crippen molar-refractivity contribution >= 4 is 47.4 Å². The van der Waals surface area contributed by atoms with Gasteiger partial charge in [0.1, 0.15) is 0 Å². The van der Waals surface area contributed by atoms with Crippen LogP contribution in [0.25, 0.3) is 0 Å². The molecular weight excluding hydrogens is 408 g/mol. The molecule has 0 aliphatic rings. The molecule has 12 nitrogen and oxygen atoms in total. The number of carbonyl (C=O) groups excluding carboxylic acids is 2. The molecule has 2 unspecified atom stereocenters. The van der Waals surface area contributed by atoms with Crippen LogP contribution in [-0.2, 0) is 28.7 Å². The molecule has 0 radical (unpaired) electrons. The molecule has 2 atom stereocenters. The molecular formula is C13H22N2O10S2. The van der Waals surface area contributed by atoms with Crippen LogP contribution in [0.5, 0.6) is 0 Å². The van der Waals surface area contributed by atoms with Gasteiger partial charge in [-0.15, -0.1) is 0 Å². The maximum absolute atomic E-state index is 12.0. The second-order valence-corrected chi connectivity index (χ2v) is 7.31. The Morgan fingerprint density at radius 3 is 1.33 bits per heavy atom. The van der Waals surface area contributed by atoms with E-state index in [0.29, 0.717) is 0 Å². The lowest BCUT2D eigenvalue weighted by Crippen LogP contribution is -2.62. The zero-order chi connectivity index (χ0) is 21.5. The highest BCUT2D eigenvalue weighted by Gasteiger charge is 2.59. The van der Waals surface area contributed by atoms with Crippen LogP contribution in [-0.4, -0.2) is 85.6 Å². The van der Waals surface area contributed by atoms with Crippen molar-refractivity contribution in [3.63, 3.8) is 0 Å². The quantitative estimate of drug-likeness (QED) is 0.109. The summed E-state index contributed by atoms with van der Waals surface area (Å²) < 4.78 is 8.51. The fourth-order valence-electron chi connectivity index (χ4n) is 1.44. The number of carbonyl (C=O) groups is 4. The summed E-state index contributed by atoms with van der Waals surface area (Å²) in [6, 6.07) is 0. The number of hydrogen-bond acceptors (Lipinski definition) is 12. The van der Waals surface area contributed by atoms with Gasteiger partial charge >= 0.3 is 29.7 Å². The zero-order valence-corrected chi connectivity index (χ0v) is 16.2. The first-order valence-electron chi connectivity index (χ1n) is 7.21. The standard InChI is InChI=1S/C13H22N2O10S2/c1-26-5-3-11(14,22)9(20)24-13(7(16)17,8(18)19)25-10(21)12(15,23)4-6-27-2/h22-23H,3-6,14-15H2,1-2H3,(H,16,17)(H,18,19). The Bertz CT molecular complexity index is 531. The van der Waals surface area contributed by atoms with Gasteiger partial charge in [0, 0.05) is 12.8 Å². The van der Waals surface area contributed by atoms with Crippen molar-refractivity contribution in [2.75, 3.05) is 24.0 Å². The van der Waals surface area contributed by atoms with Crippen LogP contribution >= 0.6 is 23.5 Å². The van der Waals surface area contributed by atoms with Crippen molar-refractivity contribution < 1.29 is 49.1 Å². The highest BCUT2D eigenvalue weighted by Crippen LogP contribution is 2.22. The van der Waals surface area contributed by atoms with E-state index in [1.54, 1.807) is 12.5 Å². The molecule has 0 rings (SSSR count). The highest BCUT2D eigenvalue weighted by atomic mass is 32.2. The summed E-state index contributed by atoms with van der Waals surface area (Å²) in [5.74, 6) is -12.2. The van der Waals surface area contributed by atoms with Crippen molar-refractivity contribution in [3.05, 3.63) is 0 Å². The molecule has 0 aliphatic carbocycles. The molecule has 0 bridgehead atoms. The van der Waals surface area contributed by atoms with Crippen LogP contribution in [0, 0.1) is 0 Å². The first kappa shape index (κ1) is 25.4. The Kier molecular flexibility index (Phi) is 9.51. The molecule has 8 N–H and O–H groups in total. The second kappa shape index (κ2) is 10.1. The van der Waals surface area contributed by atoms with Crippen LogP contribution in [0.3, 0.4) is 0 Å². The van der Waals surface area contributed by atoms with Gasteiger partial charge in [0.2, 0.25) is 11.4 Å². The fraction of sp³-hybridized carbons (Fsp3) is 0.692. The molecule has 0 aliphatic heterocycles. The monoisotopic (exact) mass is 430 g/mol. The largest absolute Gasteiger partial charge is 0.475 e. The number of ether oxygens (including phenoxy) is 2. The predicted octanol–water partition coefficient (Wildman–Crippen LogP) is -2.26. The van der Waals surface area contributed by atoms with E-state index in [-0.39, 0.29) is 11.5 Å². The number of carboxylic acid groups (broad SMARTS) is 2. The summed E-state index contributed by atoms with van der Waals surface area (Å²) >= 11 is 2.36. The molecule has 14 heteroatoms. The number of aliphatic hydroxyl groups is 2. The SMILES string of the molecule is CSCCC(N)(O)C(=O)OC(OC(=O)C(N)(O)CCSC)(C(=O)O)C(=O)O. The second-order valence-electron chi connectivity index (χ2n) is 5.34. The van der Waals surface area contributed by atoms with E-state index in [4.69, 9.17) is 11.5 Å². The van der Waals surface area contributed by atoms with Gasteiger partial charge < -0.3 is 29.9 Å². The van der Waals surface area contributed by atoms with Gasteiger partial charge in [0.05, 0.1) is 0 Å². The summed E-state index contributed by atoms with van der Waals surface area (Å²) in [5.41, 5.74) is 5.11. The first-order chi connectivity index (χ1) is 12.3. The summed E-state index contributed by atoms with van der Waals surface area (Å²) in [6.45, 7) is 0. The molecule has 0 saturated heterocycles. The molecule has 0 aromatic heterocycles. The van der Waals surface area contributed by atoms with Gasteiger partial charge in [-0.05, 0) is 24.0 Å². The molecule has 0 heterocycles. The summed E-state index contributed by atoms with van der Waals surface area (Å²) in [7, 11) is 0. The Balaban J connectivity index is 5.70. The number of thioether (sulfide) groups is 2. The lowest BCUT2D eigenvalue weighted by atomic mass is 10.1. The number of aliphatic carboxylic acids is 2. The molecule has 0 fully saturated rings. The Hall–Kier alpha value is -1.58. The molecule has 0 aromatic rings. The van der Waals surface area contributed by atoms with Gasteiger partial charge in [0.15, 0.2) is 0 Å². The Morgan fingerprint density at radius 2 is 1.11 bits per heavy atom. The van der Waals surface area contributed by atoms with Crippen LogP contribution in [0.2, 0.25) is 0 Å². The van der Waals surface area contributed by atoms with Gasteiger partial charge in [-0.2, -0.15) is 23.5 Å². The van der Waals surface area contributed by atoms with Gasteiger partial charge in [-0.25, -0.2) is 19.2 Å². The van der Waals surface area contributed by atoms with Crippen LogP contribution in [0.4, 0.5) is 0 Å². The topological polar surface area (TPSA) is 220 Å². The van der Waals surface area contributed by atoms with E-state index in [1.165, 1.54) is 23.5 Å². The minimum absolute atomic E-state index is 0.145. The first-order valence-corrected chi connectivity index (χ1v) is 9.99. The number of rotatable bonds is 12. The molecule has 0 aromatic carbocycles. The summed E-state index contributed by atoms with van der Waals surface area (Å²) in [5, 5.41) is 38.0. The summed E-state index contributed by atoms with van der Waals surface area (Å²) in [4.78, 5) is 46.8. The minimum Gasteiger partial charge on any atom is -0.475 e. The lowest BCUT2D eigenvalue weighted by Gasteiger charge is -2.30. The van der Waals surface area contributed by atoms with Crippen molar-refractivity contribution in [1.29, 1.82) is 0 Å². The Morgan fingerprint density at radius 1 is 0.815 bits per heavy atom. The van der Waals surface area contributed by atoms with Gasteiger partial charge in [-0.1, -0.05) is 0 Å². The number of esters is 2. The number of carboxylic acids is 2. The smallest absolute Gasteiger partial charge is 0.457 e. The average Bonchev–Trinajstić information content (AvgIpc) is 2.56. The zero-order valence-electron chi connectivity index (χ0n) is 14.5. The molecule has 156 valence electrons. The van der Waals surface area contributed by atoms with Crippen LogP contribution in [0.15, 0.2) is 0 Å². The maximum Gasteiger partial charge on any atom is 0.457 e. The Labute approximate surface area is 162 Å². The summed E-state index contributed by atoms with van der Waals surface area (Å²) in [6.07, 6.45) is 2.42. The lowest BCUT2D eigenvalue weighted by molar-refractivity contribution is -0.253. The third-order valence-corrected chi connectivity index (χ3v) is 4.34. The van der Waals surface area contributed by atoms with Crippen molar-refractivity contribution in [1.82, 2.24) is 0 Å². The van der Waals surface area contributed by atoms with E-state index in [2.05, 4.69) is 9.47 Å². The minimum atomic E-state index is -3.91. The normalized spacial score (nSPS) is 15.9. The van der Waals surface area contributed by atoms with Crippen molar-refractivity contribution in [2.45, 2.75) is 30.1 Å². The van der Waals surface area contributed by atoms with Crippen LogP contribution < -0.4 is 11.5 Å². The molecule has 27 heavy (non-hydrogen) atoms. The predicted molar refractivity (Wildman–Crippen MR) is 94.5 cm³/mol. The third-order valence-electron chi connectivity index (χ3n) is 3.12. The average molecular weight is 430 g/mol. The maximum atomic E-state index is 12.0. The molecule has 0 saturated carbocycles. The van der Waals surface area contributed by atoms with E-state index in [0.717, 1.165) is 0 Å². The van der Waals surface area contributed by atoms with E-state index >= 15 is 0 Å². The van der Waals surface area contributed by atoms with Crippen molar-refractivity contribution in [2.24, 2.45) is 11.5 Å². The highest BCUT2D eigenvalue weighted by molar-refractivity contribution is 7.98. The van der Waals surface area contributed by atoms with E-state index < -0.39 is 54.0 Å². The molecule has 0 spiro atoms. The van der Waals surface area contributed by atoms with Crippen molar-refractivity contribution in [3.8, 4) is 0 Å². The van der Waals surface area contributed by atoms with Gasteiger partial charge in [-0.3, -0.25) is 11.5 Å². The number of nitrogens with two attached hydrogens (primary N) is 2. The van der Waals surface area contributed by atoms with E-state index in [1.807, 2.05) is 0 Å². The third kappa shape index (κ3) is 6.82. The molecule has 0 amide bonds. The van der Waals surface area contributed by atoms with Crippen LogP contribution in [0.1, 0.15) is 12.8 Å².